The van der Waals surface area contributed by atoms with Crippen molar-refractivity contribution in [3.63, 3.8) is 0 Å². The number of rotatable bonds is 24. The molecule has 0 aromatic rings. The van der Waals surface area contributed by atoms with Crippen LogP contribution in [-0.4, -0.2) is 110 Å². The van der Waals surface area contributed by atoms with Gasteiger partial charge in [0.05, 0.1) is 78.7 Å². The molecule has 0 radical (unpaired) electrons. The normalized spacial score (nSPS) is 13.0. The average molecular weight is 455 g/mol. The zero-order valence-electron chi connectivity index (χ0n) is 18.8. The summed E-state index contributed by atoms with van der Waals surface area (Å²) in [5, 5.41) is 4.97. The van der Waals surface area contributed by atoms with Gasteiger partial charge in [-0.1, -0.05) is 6.92 Å². The summed E-state index contributed by atoms with van der Waals surface area (Å²) in [6, 6.07) is 0. The molecule has 2 amide bonds. The van der Waals surface area contributed by atoms with Crippen molar-refractivity contribution in [2.24, 2.45) is 0 Å². The standard InChI is InChI=1S/C20H39FN2O8/c1-3-18(2)31-16-20(25)23-4-5-26-6-7-27-8-9-28-10-11-29-12-13-30-15-19(21)14-22-17-24/h17-19H,3-16H2,1-2H3,(H,22,24)(H,23,25). The van der Waals surface area contributed by atoms with E-state index in [9.17, 15) is 14.0 Å². The van der Waals surface area contributed by atoms with Crippen LogP contribution in [0.5, 0.6) is 0 Å². The Morgan fingerprint density at radius 3 is 1.94 bits per heavy atom. The molecule has 0 aliphatic heterocycles. The second kappa shape index (κ2) is 23.3. The van der Waals surface area contributed by atoms with Gasteiger partial charge < -0.3 is 39.1 Å². The molecule has 2 N–H and O–H groups in total. The Hall–Kier alpha value is -1.37. The maximum absolute atomic E-state index is 13.1. The van der Waals surface area contributed by atoms with Crippen LogP contribution in [0.4, 0.5) is 4.39 Å². The van der Waals surface area contributed by atoms with E-state index in [2.05, 4.69) is 10.6 Å². The molecule has 0 fully saturated rings. The lowest BCUT2D eigenvalue weighted by Crippen LogP contribution is -2.32. The monoisotopic (exact) mass is 454 g/mol. The number of hydrogen-bond donors (Lipinski definition) is 2. The molecule has 0 bridgehead atoms. The molecule has 11 heteroatoms. The smallest absolute Gasteiger partial charge is 0.246 e. The molecule has 0 aliphatic carbocycles. The fraction of sp³-hybridized carbons (Fsp3) is 0.900. The van der Waals surface area contributed by atoms with Gasteiger partial charge in [-0.05, 0) is 13.3 Å². The lowest BCUT2D eigenvalue weighted by molar-refractivity contribution is -0.127. The summed E-state index contributed by atoms with van der Waals surface area (Å²) in [4.78, 5) is 21.5. The van der Waals surface area contributed by atoms with E-state index in [4.69, 9.17) is 28.4 Å². The Balaban J connectivity index is 3.17. The molecule has 0 saturated heterocycles. The van der Waals surface area contributed by atoms with Crippen molar-refractivity contribution in [3.8, 4) is 0 Å². The van der Waals surface area contributed by atoms with Crippen LogP contribution in [0.1, 0.15) is 20.3 Å². The highest BCUT2D eigenvalue weighted by molar-refractivity contribution is 5.77. The lowest BCUT2D eigenvalue weighted by atomic mass is 10.3. The zero-order chi connectivity index (χ0) is 23.0. The summed E-state index contributed by atoms with van der Waals surface area (Å²) in [5.74, 6) is -0.147. The SMILES string of the molecule is CCC(C)OCC(=O)NCCOCCOCCOCCOCCOCC(F)CNC=O. The molecule has 10 nitrogen and oxygen atoms in total. The molecule has 0 aromatic heterocycles. The largest absolute Gasteiger partial charge is 0.377 e. The molecular formula is C20H39FN2O8. The maximum Gasteiger partial charge on any atom is 0.246 e. The topological polar surface area (TPSA) is 114 Å². The van der Waals surface area contributed by atoms with Crippen molar-refractivity contribution in [3.05, 3.63) is 0 Å². The Morgan fingerprint density at radius 1 is 0.903 bits per heavy atom. The summed E-state index contributed by atoms with van der Waals surface area (Å²) in [6.45, 7) is 7.94. The van der Waals surface area contributed by atoms with Gasteiger partial charge in [0.25, 0.3) is 0 Å². The van der Waals surface area contributed by atoms with Gasteiger partial charge in [0.15, 0.2) is 0 Å². The van der Waals surface area contributed by atoms with Crippen LogP contribution < -0.4 is 10.6 Å². The third-order valence-electron chi connectivity index (χ3n) is 3.85. The van der Waals surface area contributed by atoms with Gasteiger partial charge in [0.1, 0.15) is 12.8 Å². The second-order valence-electron chi connectivity index (χ2n) is 6.53. The van der Waals surface area contributed by atoms with Crippen LogP contribution in [0.3, 0.4) is 0 Å². The Labute approximate surface area is 184 Å². The van der Waals surface area contributed by atoms with Crippen LogP contribution in [0.25, 0.3) is 0 Å². The van der Waals surface area contributed by atoms with Gasteiger partial charge in [-0.3, -0.25) is 9.59 Å². The van der Waals surface area contributed by atoms with Crippen molar-refractivity contribution < 1.29 is 42.4 Å². The zero-order valence-corrected chi connectivity index (χ0v) is 18.8. The maximum atomic E-state index is 13.1. The van der Waals surface area contributed by atoms with E-state index < -0.39 is 6.17 Å². The number of amides is 2. The molecule has 184 valence electrons. The van der Waals surface area contributed by atoms with Crippen LogP contribution in [0.2, 0.25) is 0 Å². The first kappa shape index (κ1) is 29.6. The van der Waals surface area contributed by atoms with Gasteiger partial charge in [-0.2, -0.15) is 0 Å². The molecule has 0 aliphatic rings. The van der Waals surface area contributed by atoms with E-state index in [0.717, 1.165) is 6.42 Å². The summed E-state index contributed by atoms with van der Waals surface area (Å²) in [6.07, 6.45) is 0.179. The van der Waals surface area contributed by atoms with Crippen molar-refractivity contribution in [1.29, 1.82) is 0 Å². The van der Waals surface area contributed by atoms with Gasteiger partial charge in [0, 0.05) is 6.54 Å². The molecular weight excluding hydrogens is 415 g/mol. The molecule has 2 atom stereocenters. The van der Waals surface area contributed by atoms with Crippen molar-refractivity contribution in [2.75, 3.05) is 85.8 Å². The number of alkyl halides is 1. The van der Waals surface area contributed by atoms with Crippen molar-refractivity contribution in [1.82, 2.24) is 10.6 Å². The number of carbonyl (C=O) groups excluding carboxylic acids is 2. The van der Waals surface area contributed by atoms with E-state index in [0.29, 0.717) is 65.8 Å². The second-order valence-corrected chi connectivity index (χ2v) is 6.53. The van der Waals surface area contributed by atoms with Crippen molar-refractivity contribution >= 4 is 12.3 Å². The third kappa shape index (κ3) is 23.1. The van der Waals surface area contributed by atoms with Gasteiger partial charge in [0.2, 0.25) is 12.3 Å². The van der Waals surface area contributed by atoms with Gasteiger partial charge in [-0.25, -0.2) is 4.39 Å². The summed E-state index contributed by atoms with van der Waals surface area (Å²) < 4.78 is 44.9. The van der Waals surface area contributed by atoms with Crippen LogP contribution >= 0.6 is 0 Å². The Bertz CT molecular complexity index is 421. The predicted octanol–water partition coefficient (Wildman–Crippen LogP) is 0.0848. The summed E-state index contributed by atoms with van der Waals surface area (Å²) in [7, 11) is 0. The average Bonchev–Trinajstić information content (AvgIpc) is 2.77. The van der Waals surface area contributed by atoms with Crippen LogP contribution in [0, 0.1) is 0 Å². The molecule has 0 aromatic carbocycles. The minimum Gasteiger partial charge on any atom is -0.377 e. The first-order valence-electron chi connectivity index (χ1n) is 10.7. The number of halogens is 1. The molecule has 0 saturated carbocycles. The van der Waals surface area contributed by atoms with Gasteiger partial charge in [-0.15, -0.1) is 0 Å². The third-order valence-corrected chi connectivity index (χ3v) is 3.85. The molecule has 0 spiro atoms. The number of carbonyl (C=O) groups is 2. The molecule has 2 unspecified atom stereocenters. The van der Waals surface area contributed by atoms with E-state index in [1.54, 1.807) is 0 Å². The molecule has 0 rings (SSSR count). The van der Waals surface area contributed by atoms with Crippen molar-refractivity contribution in [2.45, 2.75) is 32.5 Å². The molecule has 0 heterocycles. The summed E-state index contributed by atoms with van der Waals surface area (Å²) in [5.41, 5.74) is 0. The highest BCUT2D eigenvalue weighted by Crippen LogP contribution is 1.94. The van der Waals surface area contributed by atoms with E-state index in [1.165, 1.54) is 0 Å². The number of nitrogens with one attached hydrogen (secondary N) is 2. The Morgan fingerprint density at radius 2 is 1.42 bits per heavy atom. The fourth-order valence-corrected chi connectivity index (χ4v) is 1.98. The van der Waals surface area contributed by atoms with Gasteiger partial charge >= 0.3 is 0 Å². The van der Waals surface area contributed by atoms with E-state index in [1.807, 2.05) is 13.8 Å². The highest BCUT2D eigenvalue weighted by Gasteiger charge is 2.05. The number of hydrogen-bond acceptors (Lipinski definition) is 8. The van der Waals surface area contributed by atoms with E-state index >= 15 is 0 Å². The lowest BCUT2D eigenvalue weighted by Gasteiger charge is -2.11. The van der Waals surface area contributed by atoms with Crippen LogP contribution in [0.15, 0.2) is 0 Å². The number of ether oxygens (including phenoxy) is 6. The van der Waals surface area contributed by atoms with Crippen LogP contribution in [-0.2, 0) is 38.0 Å². The Kier molecular flexibility index (Phi) is 22.3. The minimum atomic E-state index is -1.22. The van der Waals surface area contributed by atoms with E-state index in [-0.39, 0.29) is 38.4 Å². The fourth-order valence-electron chi connectivity index (χ4n) is 1.98. The first-order chi connectivity index (χ1) is 15.1. The quantitative estimate of drug-likeness (QED) is 0.156. The summed E-state index contributed by atoms with van der Waals surface area (Å²) >= 11 is 0. The predicted molar refractivity (Wildman–Crippen MR) is 112 cm³/mol. The minimum absolute atomic E-state index is 0.0565. The first-order valence-corrected chi connectivity index (χ1v) is 10.7. The molecule has 31 heavy (non-hydrogen) atoms. The highest BCUT2D eigenvalue weighted by atomic mass is 19.1.